The first-order valence-corrected chi connectivity index (χ1v) is 23.0. The number of carbonyl (C=O) groups excluding carboxylic acids is 1. The fourth-order valence-corrected chi connectivity index (χ4v) is 8.58. The standard InChI is InChI=1S/C34H53N5O3Si2/c1-33(2,3)44(7,8)42-30-15-12-17-34(30)18-16-28-29(21-34)39(25-41-19-20-43(4,5)6)37-31(28)32(40)36-27-22-35-38(24-27)23-26-13-10-9-11-14-26/h9-11,13-14,22,24,30H,12,15-21,23,25H2,1-8H3,(H,36,40). The van der Waals surface area contributed by atoms with Gasteiger partial charge in [0.15, 0.2) is 14.0 Å². The van der Waals surface area contributed by atoms with Crippen molar-refractivity contribution >= 4 is 28.0 Å². The first-order valence-electron chi connectivity index (χ1n) is 16.4. The molecule has 8 nitrogen and oxygen atoms in total. The molecule has 240 valence electrons. The van der Waals surface area contributed by atoms with Gasteiger partial charge in [0.2, 0.25) is 0 Å². The monoisotopic (exact) mass is 635 g/mol. The molecule has 2 heterocycles. The first kappa shape index (κ1) is 32.8. The van der Waals surface area contributed by atoms with Crippen LogP contribution in [0.5, 0.6) is 0 Å². The number of nitrogens with one attached hydrogen (secondary N) is 1. The van der Waals surface area contributed by atoms with E-state index in [0.717, 1.165) is 55.0 Å². The number of ether oxygens (including phenoxy) is 1. The summed E-state index contributed by atoms with van der Waals surface area (Å²) >= 11 is 0. The average Bonchev–Trinajstić information content (AvgIpc) is 3.64. The van der Waals surface area contributed by atoms with Gasteiger partial charge in [0.1, 0.15) is 6.73 Å². The lowest BCUT2D eigenvalue weighted by atomic mass is 9.70. The van der Waals surface area contributed by atoms with Crippen LogP contribution in [-0.4, -0.2) is 54.6 Å². The molecule has 1 spiro atoms. The predicted octanol–water partition coefficient (Wildman–Crippen LogP) is 7.74. The molecule has 2 atom stereocenters. The Balaban J connectivity index is 1.37. The van der Waals surface area contributed by atoms with Crippen LogP contribution in [0.25, 0.3) is 0 Å². The number of benzene rings is 1. The number of anilines is 1. The van der Waals surface area contributed by atoms with Gasteiger partial charge in [-0.15, -0.1) is 0 Å². The zero-order valence-electron chi connectivity index (χ0n) is 28.2. The zero-order valence-corrected chi connectivity index (χ0v) is 30.2. The maximum atomic E-state index is 13.7. The lowest BCUT2D eigenvalue weighted by molar-refractivity contribution is 0.0420. The maximum absolute atomic E-state index is 13.7. The van der Waals surface area contributed by atoms with Crippen molar-refractivity contribution in [2.45, 2.75) is 122 Å². The van der Waals surface area contributed by atoms with Gasteiger partial charge in [0, 0.05) is 37.5 Å². The molecule has 3 aromatic rings. The highest BCUT2D eigenvalue weighted by molar-refractivity contribution is 6.76. The van der Waals surface area contributed by atoms with Gasteiger partial charge in [-0.2, -0.15) is 10.2 Å². The third-order valence-corrected chi connectivity index (χ3v) is 16.3. The van der Waals surface area contributed by atoms with Crippen molar-refractivity contribution in [1.29, 1.82) is 0 Å². The van der Waals surface area contributed by atoms with E-state index in [9.17, 15) is 4.79 Å². The lowest BCUT2D eigenvalue weighted by Gasteiger charge is -2.45. The fourth-order valence-electron chi connectivity index (χ4n) is 6.40. The van der Waals surface area contributed by atoms with Gasteiger partial charge in [0.25, 0.3) is 5.91 Å². The smallest absolute Gasteiger partial charge is 0.276 e. The van der Waals surface area contributed by atoms with E-state index in [2.05, 4.69) is 76.1 Å². The molecule has 0 aliphatic heterocycles. The Morgan fingerprint density at radius 3 is 2.57 bits per heavy atom. The highest BCUT2D eigenvalue weighted by Gasteiger charge is 2.51. The number of hydrogen-bond acceptors (Lipinski definition) is 5. The summed E-state index contributed by atoms with van der Waals surface area (Å²) in [4.78, 5) is 13.7. The first-order chi connectivity index (χ1) is 20.7. The summed E-state index contributed by atoms with van der Waals surface area (Å²) in [5, 5.41) is 12.6. The third kappa shape index (κ3) is 7.46. The van der Waals surface area contributed by atoms with Crippen LogP contribution >= 0.6 is 0 Å². The quantitative estimate of drug-likeness (QED) is 0.172. The number of fused-ring (bicyclic) bond motifs is 1. The maximum Gasteiger partial charge on any atom is 0.276 e. The highest BCUT2D eigenvalue weighted by Crippen LogP contribution is 2.52. The van der Waals surface area contributed by atoms with Crippen LogP contribution < -0.4 is 5.32 Å². The molecule has 1 N–H and O–H groups in total. The molecule has 0 bridgehead atoms. The molecule has 0 radical (unpaired) electrons. The lowest BCUT2D eigenvalue weighted by Crippen LogP contribution is -2.49. The molecule has 1 saturated carbocycles. The largest absolute Gasteiger partial charge is 0.413 e. The van der Waals surface area contributed by atoms with E-state index in [1.54, 1.807) is 6.20 Å². The molecule has 5 rings (SSSR count). The number of hydrogen-bond donors (Lipinski definition) is 1. The molecule has 10 heteroatoms. The van der Waals surface area contributed by atoms with Crippen molar-refractivity contribution in [1.82, 2.24) is 19.6 Å². The minimum absolute atomic E-state index is 0.0882. The van der Waals surface area contributed by atoms with Crippen LogP contribution in [0.2, 0.25) is 43.8 Å². The summed E-state index contributed by atoms with van der Waals surface area (Å²) in [5.74, 6) is -0.183. The SMILES string of the molecule is CC(C)(C)[Si](C)(C)OC1CCCC12CCc1c(C(=O)Nc3cnn(Cc4ccccc4)c3)nn(COCC[Si](C)(C)C)c1C2. The van der Waals surface area contributed by atoms with Crippen LogP contribution in [0.3, 0.4) is 0 Å². The van der Waals surface area contributed by atoms with Crippen LogP contribution in [0.15, 0.2) is 42.7 Å². The van der Waals surface area contributed by atoms with Crippen molar-refractivity contribution in [2.75, 3.05) is 11.9 Å². The van der Waals surface area contributed by atoms with E-state index in [4.69, 9.17) is 14.3 Å². The van der Waals surface area contributed by atoms with Gasteiger partial charge in [-0.3, -0.25) is 9.48 Å². The Morgan fingerprint density at radius 2 is 1.86 bits per heavy atom. The molecule has 1 amide bonds. The zero-order chi connectivity index (χ0) is 31.8. The Kier molecular flexibility index (Phi) is 9.47. The van der Waals surface area contributed by atoms with E-state index >= 15 is 0 Å². The fraction of sp³-hybridized carbons (Fsp3) is 0.618. The van der Waals surface area contributed by atoms with E-state index < -0.39 is 16.4 Å². The molecule has 1 fully saturated rings. The second-order valence-electron chi connectivity index (χ2n) is 15.8. The minimum atomic E-state index is -1.92. The van der Waals surface area contributed by atoms with E-state index in [0.29, 0.717) is 31.3 Å². The van der Waals surface area contributed by atoms with Crippen molar-refractivity contribution in [3.63, 3.8) is 0 Å². The van der Waals surface area contributed by atoms with Crippen molar-refractivity contribution in [2.24, 2.45) is 5.41 Å². The van der Waals surface area contributed by atoms with Gasteiger partial charge < -0.3 is 14.5 Å². The summed E-state index contributed by atoms with van der Waals surface area (Å²) in [5.41, 5.74) is 4.65. The van der Waals surface area contributed by atoms with Gasteiger partial charge in [0.05, 0.1) is 24.5 Å². The van der Waals surface area contributed by atoms with Crippen LogP contribution in [0.4, 0.5) is 5.69 Å². The van der Waals surface area contributed by atoms with Gasteiger partial charge in [-0.25, -0.2) is 4.68 Å². The highest BCUT2D eigenvalue weighted by atomic mass is 28.4. The molecule has 44 heavy (non-hydrogen) atoms. The molecule has 2 aromatic heterocycles. The second-order valence-corrected chi connectivity index (χ2v) is 26.2. The number of rotatable bonds is 11. The van der Waals surface area contributed by atoms with Gasteiger partial charge in [-0.1, -0.05) is 77.2 Å². The Bertz CT molecular complexity index is 1440. The van der Waals surface area contributed by atoms with Crippen molar-refractivity contribution in [3.05, 3.63) is 65.2 Å². The number of aromatic nitrogens is 4. The number of amides is 1. The second kappa shape index (κ2) is 12.7. The Labute approximate surface area is 266 Å². The normalized spacial score (nSPS) is 20.7. The van der Waals surface area contributed by atoms with Gasteiger partial charge in [-0.05, 0) is 61.8 Å². The number of carbonyl (C=O) groups is 1. The van der Waals surface area contributed by atoms with E-state index in [1.165, 1.54) is 6.42 Å². The van der Waals surface area contributed by atoms with Crippen LogP contribution in [0, 0.1) is 5.41 Å². The third-order valence-electron chi connectivity index (χ3n) is 10.1. The molecule has 2 aliphatic carbocycles. The van der Waals surface area contributed by atoms with Crippen LogP contribution in [-0.2, 0) is 35.3 Å². The summed E-state index contributed by atoms with van der Waals surface area (Å²) in [6, 6.07) is 11.3. The Hall–Kier alpha value is -2.54. The molecular formula is C34H53N5O3Si2. The molecule has 1 aromatic carbocycles. The molecule has 2 aliphatic rings. The summed E-state index contributed by atoms with van der Waals surface area (Å²) < 4.78 is 17.1. The molecule has 0 saturated heterocycles. The average molecular weight is 636 g/mol. The number of nitrogens with zero attached hydrogens (tertiary/aromatic N) is 4. The van der Waals surface area contributed by atoms with E-state index in [-0.39, 0.29) is 22.5 Å². The van der Waals surface area contributed by atoms with E-state index in [1.807, 2.05) is 33.8 Å². The summed E-state index contributed by atoms with van der Waals surface area (Å²) in [7, 11) is -3.14. The topological polar surface area (TPSA) is 83.2 Å². The Morgan fingerprint density at radius 1 is 1.11 bits per heavy atom. The van der Waals surface area contributed by atoms with Gasteiger partial charge >= 0.3 is 0 Å². The summed E-state index contributed by atoms with van der Waals surface area (Å²) in [6.45, 7) is 20.5. The van der Waals surface area contributed by atoms with Crippen LogP contribution in [0.1, 0.15) is 73.8 Å². The predicted molar refractivity (Wildman–Crippen MR) is 182 cm³/mol. The minimum Gasteiger partial charge on any atom is -0.413 e. The molecule has 2 unspecified atom stereocenters. The molecular weight excluding hydrogens is 583 g/mol. The van der Waals surface area contributed by atoms with Crippen molar-refractivity contribution < 1.29 is 14.0 Å². The van der Waals surface area contributed by atoms with Crippen molar-refractivity contribution in [3.8, 4) is 0 Å². The summed E-state index contributed by atoms with van der Waals surface area (Å²) in [6.07, 6.45) is 10.0.